The third-order valence-electron chi connectivity index (χ3n) is 5.74. The molecule has 0 unspecified atom stereocenters. The van der Waals surface area contributed by atoms with E-state index in [-0.39, 0.29) is 11.7 Å². The predicted octanol–water partition coefficient (Wildman–Crippen LogP) is 4.39. The first-order chi connectivity index (χ1) is 15.1. The molecule has 0 aromatic heterocycles. The molecule has 0 bridgehead atoms. The van der Waals surface area contributed by atoms with E-state index in [1.54, 1.807) is 12.1 Å². The lowest BCUT2D eigenvalue weighted by Crippen LogP contribution is -2.45. The molecule has 4 rings (SSSR count). The molecule has 5 heteroatoms. The molecule has 160 valence electrons. The molecule has 0 saturated carbocycles. The fourth-order valence-electron chi connectivity index (χ4n) is 3.87. The van der Waals surface area contributed by atoms with Crippen LogP contribution in [0, 0.1) is 12.7 Å². The molecule has 1 heterocycles. The second-order valence-electron chi connectivity index (χ2n) is 8.11. The standard InChI is InChI=1S/C26H28FN3O/c1-20-5-11-25(12-6-20)30-15-13-29(14-16-30)19-21-7-9-23(10-8-21)26(31)28-18-22-3-2-4-24(27)17-22/h2-12,17H,13-16,18-19H2,1H3,(H,28,31). The average molecular weight is 418 g/mol. The molecule has 31 heavy (non-hydrogen) atoms. The number of nitrogens with zero attached hydrogens (tertiary/aromatic N) is 2. The Balaban J connectivity index is 1.26. The van der Waals surface area contributed by atoms with Gasteiger partial charge in [-0.25, -0.2) is 4.39 Å². The van der Waals surface area contributed by atoms with Crippen LogP contribution >= 0.6 is 0 Å². The number of aryl methyl sites for hydroxylation is 1. The van der Waals surface area contributed by atoms with Gasteiger partial charge in [-0.15, -0.1) is 0 Å². The van der Waals surface area contributed by atoms with Gasteiger partial charge in [-0.05, 0) is 54.4 Å². The number of piperazine rings is 1. The molecule has 1 aliphatic heterocycles. The van der Waals surface area contributed by atoms with Gasteiger partial charge in [0, 0.05) is 50.5 Å². The van der Waals surface area contributed by atoms with E-state index in [0.29, 0.717) is 12.1 Å². The Labute approximate surface area is 183 Å². The molecular formula is C26H28FN3O. The molecule has 0 radical (unpaired) electrons. The van der Waals surface area contributed by atoms with Crippen LogP contribution in [0.15, 0.2) is 72.8 Å². The molecule has 1 aliphatic rings. The van der Waals surface area contributed by atoms with Crippen LogP contribution in [0.2, 0.25) is 0 Å². The van der Waals surface area contributed by atoms with Gasteiger partial charge in [0.15, 0.2) is 0 Å². The molecular weight excluding hydrogens is 389 g/mol. The lowest BCUT2D eigenvalue weighted by Gasteiger charge is -2.36. The van der Waals surface area contributed by atoms with Crippen LogP contribution in [0.4, 0.5) is 10.1 Å². The quantitative estimate of drug-likeness (QED) is 0.646. The van der Waals surface area contributed by atoms with Crippen LogP contribution in [0.3, 0.4) is 0 Å². The van der Waals surface area contributed by atoms with E-state index < -0.39 is 0 Å². The van der Waals surface area contributed by atoms with E-state index in [1.807, 2.05) is 24.3 Å². The first-order valence-electron chi connectivity index (χ1n) is 10.7. The lowest BCUT2D eigenvalue weighted by atomic mass is 10.1. The smallest absolute Gasteiger partial charge is 0.251 e. The molecule has 1 fully saturated rings. The summed E-state index contributed by atoms with van der Waals surface area (Å²) in [4.78, 5) is 17.3. The van der Waals surface area contributed by atoms with Gasteiger partial charge in [0.05, 0.1) is 0 Å². The monoisotopic (exact) mass is 417 g/mol. The highest BCUT2D eigenvalue weighted by Crippen LogP contribution is 2.18. The van der Waals surface area contributed by atoms with Crippen LogP contribution in [0.5, 0.6) is 0 Å². The zero-order chi connectivity index (χ0) is 21.6. The van der Waals surface area contributed by atoms with Gasteiger partial charge in [-0.2, -0.15) is 0 Å². The molecule has 0 aliphatic carbocycles. The SMILES string of the molecule is Cc1ccc(N2CCN(Cc3ccc(C(=O)NCc4cccc(F)c4)cc3)CC2)cc1. The number of hydrogen-bond donors (Lipinski definition) is 1. The van der Waals surface area contributed by atoms with Crippen molar-refractivity contribution in [1.82, 2.24) is 10.2 Å². The van der Waals surface area contributed by atoms with Crippen LogP contribution in [-0.2, 0) is 13.1 Å². The number of carbonyl (C=O) groups is 1. The largest absolute Gasteiger partial charge is 0.369 e. The normalized spacial score (nSPS) is 14.5. The second kappa shape index (κ2) is 9.75. The van der Waals surface area contributed by atoms with E-state index in [1.165, 1.54) is 28.9 Å². The number of nitrogens with one attached hydrogen (secondary N) is 1. The summed E-state index contributed by atoms with van der Waals surface area (Å²) in [6.45, 7) is 7.37. The van der Waals surface area contributed by atoms with Gasteiger partial charge in [0.25, 0.3) is 5.91 Å². The third-order valence-corrected chi connectivity index (χ3v) is 5.74. The van der Waals surface area contributed by atoms with Gasteiger partial charge in [0.2, 0.25) is 0 Å². The fraction of sp³-hybridized carbons (Fsp3) is 0.269. The van der Waals surface area contributed by atoms with Gasteiger partial charge >= 0.3 is 0 Å². The number of hydrogen-bond acceptors (Lipinski definition) is 3. The van der Waals surface area contributed by atoms with Crippen molar-refractivity contribution in [3.63, 3.8) is 0 Å². The highest BCUT2D eigenvalue weighted by atomic mass is 19.1. The molecule has 0 spiro atoms. The molecule has 3 aromatic carbocycles. The summed E-state index contributed by atoms with van der Waals surface area (Å²) in [5.41, 5.74) is 5.14. The Morgan fingerprint density at radius 2 is 1.61 bits per heavy atom. The topological polar surface area (TPSA) is 35.6 Å². The summed E-state index contributed by atoms with van der Waals surface area (Å²) in [6.07, 6.45) is 0. The highest BCUT2D eigenvalue weighted by Gasteiger charge is 2.17. The van der Waals surface area contributed by atoms with E-state index in [9.17, 15) is 9.18 Å². The van der Waals surface area contributed by atoms with Crippen molar-refractivity contribution >= 4 is 11.6 Å². The van der Waals surface area contributed by atoms with Crippen molar-refractivity contribution in [2.24, 2.45) is 0 Å². The first-order valence-corrected chi connectivity index (χ1v) is 10.7. The van der Waals surface area contributed by atoms with Crippen molar-refractivity contribution in [3.8, 4) is 0 Å². The minimum atomic E-state index is -0.296. The van der Waals surface area contributed by atoms with E-state index in [2.05, 4.69) is 46.3 Å². The number of anilines is 1. The Morgan fingerprint density at radius 1 is 0.903 bits per heavy atom. The lowest BCUT2D eigenvalue weighted by molar-refractivity contribution is 0.0951. The summed E-state index contributed by atoms with van der Waals surface area (Å²) >= 11 is 0. The number of halogens is 1. The first kappa shape index (κ1) is 21.1. The minimum Gasteiger partial charge on any atom is -0.369 e. The molecule has 1 N–H and O–H groups in total. The number of rotatable bonds is 6. The fourth-order valence-corrected chi connectivity index (χ4v) is 3.87. The zero-order valence-corrected chi connectivity index (χ0v) is 17.9. The van der Waals surface area contributed by atoms with Crippen molar-refractivity contribution < 1.29 is 9.18 Å². The van der Waals surface area contributed by atoms with Crippen molar-refractivity contribution in [3.05, 3.63) is 101 Å². The van der Waals surface area contributed by atoms with Gasteiger partial charge in [-0.1, -0.05) is 42.0 Å². The Bertz CT molecular complexity index is 1010. The molecule has 1 amide bonds. The summed E-state index contributed by atoms with van der Waals surface area (Å²) < 4.78 is 13.3. The van der Waals surface area contributed by atoms with Crippen molar-refractivity contribution in [2.75, 3.05) is 31.1 Å². The number of amides is 1. The van der Waals surface area contributed by atoms with Gasteiger partial charge < -0.3 is 10.2 Å². The average Bonchev–Trinajstić information content (AvgIpc) is 2.79. The summed E-state index contributed by atoms with van der Waals surface area (Å²) in [6, 6.07) is 22.7. The predicted molar refractivity (Wildman–Crippen MR) is 123 cm³/mol. The molecule has 1 saturated heterocycles. The summed E-state index contributed by atoms with van der Waals surface area (Å²) in [5.74, 6) is -0.446. The molecule has 0 atom stereocenters. The maximum absolute atomic E-state index is 13.3. The summed E-state index contributed by atoms with van der Waals surface area (Å²) in [7, 11) is 0. The van der Waals surface area contributed by atoms with E-state index >= 15 is 0 Å². The van der Waals surface area contributed by atoms with Crippen molar-refractivity contribution in [1.29, 1.82) is 0 Å². The Hall–Kier alpha value is -3.18. The number of benzene rings is 3. The minimum absolute atomic E-state index is 0.150. The van der Waals surface area contributed by atoms with E-state index in [0.717, 1.165) is 38.3 Å². The number of carbonyl (C=O) groups excluding carboxylic acids is 1. The van der Waals surface area contributed by atoms with Gasteiger partial charge in [0.1, 0.15) is 5.82 Å². The second-order valence-corrected chi connectivity index (χ2v) is 8.11. The highest BCUT2D eigenvalue weighted by molar-refractivity contribution is 5.94. The Kier molecular flexibility index (Phi) is 6.63. The third kappa shape index (κ3) is 5.70. The maximum Gasteiger partial charge on any atom is 0.251 e. The van der Waals surface area contributed by atoms with Crippen LogP contribution in [-0.4, -0.2) is 37.0 Å². The molecule has 4 nitrogen and oxygen atoms in total. The Morgan fingerprint density at radius 3 is 2.29 bits per heavy atom. The zero-order valence-electron chi connectivity index (χ0n) is 17.9. The maximum atomic E-state index is 13.3. The van der Waals surface area contributed by atoms with E-state index in [4.69, 9.17) is 0 Å². The summed E-state index contributed by atoms with van der Waals surface area (Å²) in [5, 5.41) is 2.85. The van der Waals surface area contributed by atoms with Crippen LogP contribution in [0.25, 0.3) is 0 Å². The van der Waals surface area contributed by atoms with Crippen molar-refractivity contribution in [2.45, 2.75) is 20.0 Å². The van der Waals surface area contributed by atoms with Crippen LogP contribution < -0.4 is 10.2 Å². The van der Waals surface area contributed by atoms with Crippen LogP contribution in [0.1, 0.15) is 27.0 Å². The molecule has 3 aromatic rings. The van der Waals surface area contributed by atoms with Gasteiger partial charge in [-0.3, -0.25) is 9.69 Å².